The number of carbonyl (C=O) groups is 1. The molecule has 0 aliphatic heterocycles. The lowest BCUT2D eigenvalue weighted by molar-refractivity contribution is 0.0697. The first-order valence-corrected chi connectivity index (χ1v) is 9.07. The highest BCUT2D eigenvalue weighted by Crippen LogP contribution is 2.44. The van der Waals surface area contributed by atoms with Gasteiger partial charge in [-0.2, -0.15) is 0 Å². The van der Waals surface area contributed by atoms with Gasteiger partial charge in [0.1, 0.15) is 5.75 Å². The van der Waals surface area contributed by atoms with Crippen LogP contribution in [0.5, 0.6) is 5.75 Å². The molecule has 128 valence electrons. The number of carboxylic acids is 1. The SMILES string of the molecule is O=C(O)c1cc(I)n2c(-c3ccccc3)c(-c3ccccc3)c(O)c2c1. The number of carboxylic acid groups (broad SMARTS) is 1. The Kier molecular flexibility index (Phi) is 4.16. The van der Waals surface area contributed by atoms with Gasteiger partial charge in [-0.1, -0.05) is 60.7 Å². The molecule has 4 nitrogen and oxygen atoms in total. The molecule has 0 fully saturated rings. The van der Waals surface area contributed by atoms with Gasteiger partial charge in [0.2, 0.25) is 0 Å². The van der Waals surface area contributed by atoms with Crippen LogP contribution in [0.4, 0.5) is 0 Å². The molecule has 4 aromatic rings. The largest absolute Gasteiger partial charge is 0.505 e. The molecule has 0 aliphatic rings. The molecule has 0 spiro atoms. The van der Waals surface area contributed by atoms with Crippen LogP contribution in [0.1, 0.15) is 10.4 Å². The van der Waals surface area contributed by atoms with Gasteiger partial charge in [-0.25, -0.2) is 4.79 Å². The Hall–Kier alpha value is -2.80. The predicted molar refractivity (Wildman–Crippen MR) is 110 cm³/mol. The van der Waals surface area contributed by atoms with E-state index in [1.165, 1.54) is 6.07 Å². The van der Waals surface area contributed by atoms with E-state index in [1.54, 1.807) is 6.07 Å². The molecule has 26 heavy (non-hydrogen) atoms. The number of halogens is 1. The van der Waals surface area contributed by atoms with Crippen molar-refractivity contribution in [3.05, 3.63) is 82.1 Å². The molecule has 0 atom stereocenters. The van der Waals surface area contributed by atoms with Gasteiger partial charge in [-0.15, -0.1) is 0 Å². The van der Waals surface area contributed by atoms with Gasteiger partial charge in [-0.3, -0.25) is 0 Å². The second-order valence-electron chi connectivity index (χ2n) is 5.90. The first-order valence-electron chi connectivity index (χ1n) is 7.99. The smallest absolute Gasteiger partial charge is 0.335 e. The van der Waals surface area contributed by atoms with Crippen molar-refractivity contribution in [2.75, 3.05) is 0 Å². The molecular weight excluding hydrogens is 441 g/mol. The molecule has 2 aromatic heterocycles. The zero-order valence-electron chi connectivity index (χ0n) is 13.6. The van der Waals surface area contributed by atoms with Gasteiger partial charge >= 0.3 is 5.97 Å². The fraction of sp³-hybridized carbons (Fsp3) is 0. The van der Waals surface area contributed by atoms with E-state index in [0.29, 0.717) is 14.8 Å². The summed E-state index contributed by atoms with van der Waals surface area (Å²) >= 11 is 2.11. The third kappa shape index (κ3) is 2.64. The van der Waals surface area contributed by atoms with Crippen LogP contribution >= 0.6 is 22.6 Å². The van der Waals surface area contributed by atoms with Crippen LogP contribution in [0.15, 0.2) is 72.8 Å². The lowest BCUT2D eigenvalue weighted by Crippen LogP contribution is -2.01. The summed E-state index contributed by atoms with van der Waals surface area (Å²) in [5.74, 6) is -0.940. The summed E-state index contributed by atoms with van der Waals surface area (Å²) < 4.78 is 2.62. The molecule has 0 bridgehead atoms. The lowest BCUT2D eigenvalue weighted by Gasteiger charge is -2.09. The van der Waals surface area contributed by atoms with Crippen molar-refractivity contribution in [1.82, 2.24) is 4.40 Å². The molecule has 0 saturated carbocycles. The van der Waals surface area contributed by atoms with E-state index in [0.717, 1.165) is 16.8 Å². The van der Waals surface area contributed by atoms with Gasteiger partial charge < -0.3 is 14.6 Å². The Morgan fingerprint density at radius 1 is 0.885 bits per heavy atom. The van der Waals surface area contributed by atoms with Crippen molar-refractivity contribution in [2.24, 2.45) is 0 Å². The summed E-state index contributed by atoms with van der Waals surface area (Å²) in [5.41, 5.74) is 3.98. The lowest BCUT2D eigenvalue weighted by atomic mass is 10.0. The maximum Gasteiger partial charge on any atom is 0.335 e. The topological polar surface area (TPSA) is 61.9 Å². The third-order valence-corrected chi connectivity index (χ3v) is 5.11. The number of aromatic carboxylic acids is 1. The van der Waals surface area contributed by atoms with Gasteiger partial charge in [0.05, 0.1) is 26.0 Å². The number of benzene rings is 2. The number of aromatic hydroxyl groups is 1. The number of fused-ring (bicyclic) bond motifs is 1. The Morgan fingerprint density at radius 3 is 2.04 bits per heavy atom. The summed E-state index contributed by atoms with van der Waals surface area (Å²) in [6.45, 7) is 0. The Morgan fingerprint density at radius 2 is 1.46 bits per heavy atom. The van der Waals surface area contributed by atoms with Gasteiger partial charge in [-0.05, 0) is 45.9 Å². The minimum Gasteiger partial charge on any atom is -0.505 e. The van der Waals surface area contributed by atoms with Crippen LogP contribution in [-0.4, -0.2) is 20.6 Å². The van der Waals surface area contributed by atoms with Gasteiger partial charge in [0, 0.05) is 0 Å². The minimum atomic E-state index is -1.02. The molecule has 0 aliphatic carbocycles. The highest BCUT2D eigenvalue weighted by molar-refractivity contribution is 14.1. The van der Waals surface area contributed by atoms with Crippen molar-refractivity contribution >= 4 is 34.1 Å². The van der Waals surface area contributed by atoms with E-state index in [4.69, 9.17) is 0 Å². The van der Waals surface area contributed by atoms with Gasteiger partial charge in [0.25, 0.3) is 0 Å². The Balaban J connectivity index is 2.17. The zero-order valence-corrected chi connectivity index (χ0v) is 15.7. The second-order valence-corrected chi connectivity index (χ2v) is 7.00. The van der Waals surface area contributed by atoms with Crippen LogP contribution in [0.3, 0.4) is 0 Å². The first-order chi connectivity index (χ1) is 12.6. The van der Waals surface area contributed by atoms with E-state index < -0.39 is 5.97 Å². The number of hydrogen-bond donors (Lipinski definition) is 2. The monoisotopic (exact) mass is 455 g/mol. The van der Waals surface area contributed by atoms with E-state index >= 15 is 0 Å². The summed E-state index contributed by atoms with van der Waals surface area (Å²) in [7, 11) is 0. The molecule has 0 amide bonds. The van der Waals surface area contributed by atoms with Crippen LogP contribution < -0.4 is 0 Å². The first kappa shape index (κ1) is 16.7. The highest BCUT2D eigenvalue weighted by atomic mass is 127. The Bertz CT molecular complexity index is 1120. The average molecular weight is 455 g/mol. The van der Waals surface area contributed by atoms with Gasteiger partial charge in [0.15, 0.2) is 0 Å². The summed E-state index contributed by atoms with van der Waals surface area (Å²) in [6.07, 6.45) is 0. The number of aromatic nitrogens is 1. The molecule has 2 N–H and O–H groups in total. The second kappa shape index (κ2) is 6.49. The van der Waals surface area contributed by atoms with Crippen LogP contribution in [-0.2, 0) is 0 Å². The van der Waals surface area contributed by atoms with Crippen molar-refractivity contribution in [2.45, 2.75) is 0 Å². The Labute approximate surface area is 163 Å². The van der Waals surface area contributed by atoms with Crippen LogP contribution in [0.25, 0.3) is 27.9 Å². The zero-order chi connectivity index (χ0) is 18.3. The van der Waals surface area contributed by atoms with E-state index in [2.05, 4.69) is 22.6 Å². The number of nitrogens with zero attached hydrogens (tertiary/aromatic N) is 1. The molecule has 2 heterocycles. The molecular formula is C21H14INO3. The molecule has 4 rings (SSSR count). The summed E-state index contributed by atoms with van der Waals surface area (Å²) in [5, 5.41) is 20.4. The maximum atomic E-state index is 11.4. The molecule has 5 heteroatoms. The van der Waals surface area contributed by atoms with E-state index in [1.807, 2.05) is 65.1 Å². The van der Waals surface area contributed by atoms with Crippen molar-refractivity contribution in [3.8, 4) is 28.1 Å². The van der Waals surface area contributed by atoms with Crippen molar-refractivity contribution < 1.29 is 15.0 Å². The fourth-order valence-electron chi connectivity index (χ4n) is 3.19. The third-order valence-electron chi connectivity index (χ3n) is 4.32. The highest BCUT2D eigenvalue weighted by Gasteiger charge is 2.23. The minimum absolute atomic E-state index is 0.0797. The maximum absolute atomic E-state index is 11.4. The quantitative estimate of drug-likeness (QED) is 0.327. The van der Waals surface area contributed by atoms with E-state index in [9.17, 15) is 15.0 Å². The number of rotatable bonds is 3. The van der Waals surface area contributed by atoms with Crippen molar-refractivity contribution in [3.63, 3.8) is 0 Å². The van der Waals surface area contributed by atoms with E-state index in [-0.39, 0.29) is 11.3 Å². The fourth-order valence-corrected chi connectivity index (χ4v) is 4.02. The summed E-state index contributed by atoms with van der Waals surface area (Å²) in [6, 6.07) is 22.5. The normalized spacial score (nSPS) is 11.0. The average Bonchev–Trinajstić information content (AvgIpc) is 2.96. The van der Waals surface area contributed by atoms with Crippen molar-refractivity contribution in [1.29, 1.82) is 0 Å². The molecule has 2 aromatic carbocycles. The molecule has 0 saturated heterocycles. The number of pyridine rings is 1. The standard InChI is InChI=1S/C21H14INO3/c22-17-12-15(21(25)26)11-16-20(24)18(13-7-3-1-4-8-13)19(23(16)17)14-9-5-2-6-10-14/h1-12,24H,(H,25,26). The molecule has 0 unspecified atom stereocenters. The molecule has 0 radical (unpaired) electrons. The number of hydrogen-bond acceptors (Lipinski definition) is 2. The predicted octanol–water partition coefficient (Wildman–Crippen LogP) is 5.28. The summed E-state index contributed by atoms with van der Waals surface area (Å²) in [4.78, 5) is 11.4. The van der Waals surface area contributed by atoms with Crippen LogP contribution in [0.2, 0.25) is 0 Å². The van der Waals surface area contributed by atoms with Crippen LogP contribution in [0, 0.1) is 3.70 Å².